The van der Waals surface area contributed by atoms with Crippen LogP contribution in [0.2, 0.25) is 0 Å². The molecule has 0 atom stereocenters. The Morgan fingerprint density at radius 3 is 2.64 bits per heavy atom. The first-order chi connectivity index (χ1) is 5.35. The number of ether oxygens (including phenoxy) is 1. The Balaban J connectivity index is 1.63. The van der Waals surface area contributed by atoms with Crippen LogP contribution in [0.3, 0.4) is 0 Å². The van der Waals surface area contributed by atoms with Crippen LogP contribution in [-0.2, 0) is 4.74 Å². The summed E-state index contributed by atoms with van der Waals surface area (Å²) in [7, 11) is 1.77. The normalized spacial score (nSPS) is 28.1. The Morgan fingerprint density at radius 1 is 1.45 bits per heavy atom. The summed E-state index contributed by atoms with van der Waals surface area (Å²) in [6, 6.07) is 0. The summed E-state index contributed by atoms with van der Waals surface area (Å²) < 4.78 is 5.02. The van der Waals surface area contributed by atoms with Crippen molar-refractivity contribution in [1.82, 2.24) is 4.90 Å². The average Bonchev–Trinajstić information content (AvgIpc) is 1.81. The molecule has 1 radical (unpaired) electrons. The molecule has 0 aromatic rings. The first-order valence-electron chi connectivity index (χ1n) is 4.38. The summed E-state index contributed by atoms with van der Waals surface area (Å²) in [5.41, 5.74) is 0.730. The summed E-state index contributed by atoms with van der Waals surface area (Å²) in [5.74, 6) is 0. The topological polar surface area (TPSA) is 12.5 Å². The third-order valence-electron chi connectivity index (χ3n) is 2.88. The fourth-order valence-corrected chi connectivity index (χ4v) is 2.09. The van der Waals surface area contributed by atoms with E-state index >= 15 is 0 Å². The van der Waals surface area contributed by atoms with Gasteiger partial charge in [0.2, 0.25) is 0 Å². The van der Waals surface area contributed by atoms with Crippen molar-refractivity contribution in [2.24, 2.45) is 5.41 Å². The van der Waals surface area contributed by atoms with Crippen molar-refractivity contribution in [1.29, 1.82) is 0 Å². The van der Waals surface area contributed by atoms with Crippen LogP contribution in [0.1, 0.15) is 12.8 Å². The van der Waals surface area contributed by atoms with Gasteiger partial charge in [-0.25, -0.2) is 0 Å². The van der Waals surface area contributed by atoms with Crippen LogP contribution in [0.5, 0.6) is 0 Å². The SMILES string of the molecule is COCCN1CC2(C[CH]C2)C1. The van der Waals surface area contributed by atoms with Crippen LogP contribution < -0.4 is 0 Å². The highest BCUT2D eigenvalue weighted by atomic mass is 16.5. The molecular weight excluding hydrogens is 138 g/mol. The predicted octanol–water partition coefficient (Wildman–Crippen LogP) is 0.933. The smallest absolute Gasteiger partial charge is 0.0589 e. The Labute approximate surface area is 68.5 Å². The lowest BCUT2D eigenvalue weighted by molar-refractivity contribution is -0.0429. The summed E-state index contributed by atoms with van der Waals surface area (Å²) in [6.07, 6.45) is 5.11. The molecule has 2 aliphatic rings. The number of hydrogen-bond acceptors (Lipinski definition) is 2. The van der Waals surface area contributed by atoms with E-state index < -0.39 is 0 Å². The molecule has 1 saturated carbocycles. The molecule has 0 unspecified atom stereocenters. The van der Waals surface area contributed by atoms with E-state index in [1.807, 2.05) is 0 Å². The zero-order valence-electron chi connectivity index (χ0n) is 7.18. The van der Waals surface area contributed by atoms with E-state index in [0.29, 0.717) is 0 Å². The van der Waals surface area contributed by atoms with Gasteiger partial charge in [-0.3, -0.25) is 4.90 Å². The standard InChI is InChI=1S/C9H16NO/c1-11-6-5-10-7-9(8-10)3-2-4-9/h2H,3-8H2,1H3. The second kappa shape index (κ2) is 2.76. The largest absolute Gasteiger partial charge is 0.383 e. The van der Waals surface area contributed by atoms with E-state index in [1.165, 1.54) is 25.9 Å². The van der Waals surface area contributed by atoms with E-state index in [2.05, 4.69) is 11.3 Å². The zero-order chi connectivity index (χ0) is 7.73. The third-order valence-corrected chi connectivity index (χ3v) is 2.88. The predicted molar refractivity (Wildman–Crippen MR) is 44.3 cm³/mol. The number of nitrogens with zero attached hydrogens (tertiary/aromatic N) is 1. The molecule has 1 spiro atoms. The molecule has 0 N–H and O–H groups in total. The van der Waals surface area contributed by atoms with Gasteiger partial charge in [-0.05, 0) is 24.7 Å². The monoisotopic (exact) mass is 154 g/mol. The highest BCUT2D eigenvalue weighted by molar-refractivity contribution is 5.07. The Morgan fingerprint density at radius 2 is 2.18 bits per heavy atom. The molecule has 0 aromatic carbocycles. The molecule has 63 valence electrons. The second-order valence-electron chi connectivity index (χ2n) is 3.90. The molecular formula is C9H16NO. The summed E-state index contributed by atoms with van der Waals surface area (Å²) in [6.45, 7) is 4.64. The molecule has 2 nitrogen and oxygen atoms in total. The zero-order valence-corrected chi connectivity index (χ0v) is 7.18. The van der Waals surface area contributed by atoms with Gasteiger partial charge in [0.15, 0.2) is 0 Å². The molecule has 0 bridgehead atoms. The summed E-state index contributed by atoms with van der Waals surface area (Å²) in [4.78, 5) is 2.48. The maximum Gasteiger partial charge on any atom is 0.0589 e. The average molecular weight is 154 g/mol. The van der Waals surface area contributed by atoms with E-state index in [9.17, 15) is 0 Å². The number of methoxy groups -OCH3 is 1. The van der Waals surface area contributed by atoms with Gasteiger partial charge < -0.3 is 4.74 Å². The molecule has 1 saturated heterocycles. The van der Waals surface area contributed by atoms with Gasteiger partial charge in [0.25, 0.3) is 0 Å². The van der Waals surface area contributed by atoms with Gasteiger partial charge in [-0.15, -0.1) is 0 Å². The maximum atomic E-state index is 5.02. The van der Waals surface area contributed by atoms with Crippen molar-refractivity contribution in [2.45, 2.75) is 12.8 Å². The molecule has 0 aromatic heterocycles. The van der Waals surface area contributed by atoms with Crippen molar-refractivity contribution >= 4 is 0 Å². The van der Waals surface area contributed by atoms with Crippen LogP contribution in [0.15, 0.2) is 0 Å². The molecule has 2 fully saturated rings. The van der Waals surface area contributed by atoms with Crippen LogP contribution >= 0.6 is 0 Å². The van der Waals surface area contributed by atoms with Crippen LogP contribution in [0.4, 0.5) is 0 Å². The lowest BCUT2D eigenvalue weighted by Crippen LogP contribution is -2.60. The van der Waals surface area contributed by atoms with E-state index in [4.69, 9.17) is 4.74 Å². The van der Waals surface area contributed by atoms with E-state index in [-0.39, 0.29) is 0 Å². The first kappa shape index (κ1) is 7.56. The van der Waals surface area contributed by atoms with Crippen molar-refractivity contribution in [3.63, 3.8) is 0 Å². The number of likely N-dealkylation sites (tertiary alicyclic amines) is 1. The summed E-state index contributed by atoms with van der Waals surface area (Å²) in [5, 5.41) is 0. The molecule has 1 heterocycles. The highest BCUT2D eigenvalue weighted by Gasteiger charge is 2.46. The minimum atomic E-state index is 0.730. The van der Waals surface area contributed by atoms with Crippen molar-refractivity contribution in [3.8, 4) is 0 Å². The summed E-state index contributed by atoms with van der Waals surface area (Å²) >= 11 is 0. The molecule has 2 heteroatoms. The van der Waals surface area contributed by atoms with E-state index in [1.54, 1.807) is 7.11 Å². The Kier molecular flexibility index (Phi) is 1.90. The van der Waals surface area contributed by atoms with Crippen molar-refractivity contribution < 1.29 is 4.74 Å². The van der Waals surface area contributed by atoms with Crippen LogP contribution in [0.25, 0.3) is 0 Å². The van der Waals surface area contributed by atoms with Crippen LogP contribution in [0, 0.1) is 11.8 Å². The van der Waals surface area contributed by atoms with Gasteiger partial charge in [-0.1, -0.05) is 0 Å². The molecule has 1 aliphatic heterocycles. The van der Waals surface area contributed by atoms with Gasteiger partial charge >= 0.3 is 0 Å². The van der Waals surface area contributed by atoms with Gasteiger partial charge in [0.1, 0.15) is 0 Å². The maximum absolute atomic E-state index is 5.02. The first-order valence-corrected chi connectivity index (χ1v) is 4.38. The minimum absolute atomic E-state index is 0.730. The van der Waals surface area contributed by atoms with Crippen molar-refractivity contribution in [2.75, 3.05) is 33.4 Å². The van der Waals surface area contributed by atoms with Gasteiger partial charge in [0, 0.05) is 26.7 Å². The third kappa shape index (κ3) is 1.30. The van der Waals surface area contributed by atoms with Crippen LogP contribution in [-0.4, -0.2) is 38.3 Å². The van der Waals surface area contributed by atoms with Crippen molar-refractivity contribution in [3.05, 3.63) is 6.42 Å². The Bertz CT molecular complexity index is 134. The molecule has 2 rings (SSSR count). The lowest BCUT2D eigenvalue weighted by Gasteiger charge is -2.56. The molecule has 1 aliphatic carbocycles. The highest BCUT2D eigenvalue weighted by Crippen LogP contribution is 2.47. The molecule has 0 amide bonds. The Hall–Kier alpha value is -0.0800. The number of rotatable bonds is 3. The number of hydrogen-bond donors (Lipinski definition) is 0. The fourth-order valence-electron chi connectivity index (χ4n) is 2.09. The fraction of sp³-hybridized carbons (Fsp3) is 0.889. The van der Waals surface area contributed by atoms with Gasteiger partial charge in [-0.2, -0.15) is 0 Å². The lowest BCUT2D eigenvalue weighted by atomic mass is 9.63. The molecule has 11 heavy (non-hydrogen) atoms. The quantitative estimate of drug-likeness (QED) is 0.599. The minimum Gasteiger partial charge on any atom is -0.383 e. The second-order valence-corrected chi connectivity index (χ2v) is 3.90. The van der Waals surface area contributed by atoms with E-state index in [0.717, 1.165) is 18.6 Å². The van der Waals surface area contributed by atoms with Gasteiger partial charge in [0.05, 0.1) is 6.61 Å².